The van der Waals surface area contributed by atoms with Crippen molar-refractivity contribution in [3.05, 3.63) is 35.4 Å². The molecule has 0 saturated carbocycles. The van der Waals surface area contributed by atoms with Crippen LogP contribution in [0.1, 0.15) is 24.5 Å². The summed E-state index contributed by atoms with van der Waals surface area (Å²) in [7, 11) is 1.69. The quantitative estimate of drug-likeness (QED) is 0.853. The van der Waals surface area contributed by atoms with E-state index < -0.39 is 0 Å². The largest absolute Gasteiger partial charge is 0.380 e. The molecule has 0 spiro atoms. The van der Waals surface area contributed by atoms with Gasteiger partial charge in [0.15, 0.2) is 0 Å². The van der Waals surface area contributed by atoms with Gasteiger partial charge in [0.2, 0.25) is 5.91 Å². The first kappa shape index (κ1) is 15.0. The van der Waals surface area contributed by atoms with Crippen molar-refractivity contribution in [2.24, 2.45) is 5.73 Å². The number of likely N-dealkylation sites (tertiary alicyclic amines) is 1. The number of rotatable bonds is 6. The minimum absolute atomic E-state index is 0.119. The van der Waals surface area contributed by atoms with E-state index in [2.05, 4.69) is 36.1 Å². The lowest BCUT2D eigenvalue weighted by Crippen LogP contribution is -2.41. The van der Waals surface area contributed by atoms with Gasteiger partial charge >= 0.3 is 0 Å². The first-order valence-electron chi connectivity index (χ1n) is 7.28. The number of carbonyl (C=O) groups excluding carboxylic acids is 1. The molecule has 1 aliphatic heterocycles. The van der Waals surface area contributed by atoms with E-state index in [1.54, 1.807) is 7.11 Å². The average Bonchev–Trinajstić information content (AvgIpc) is 2.89. The van der Waals surface area contributed by atoms with E-state index in [0.29, 0.717) is 6.42 Å². The molecule has 20 heavy (non-hydrogen) atoms. The van der Waals surface area contributed by atoms with Crippen molar-refractivity contribution in [1.82, 2.24) is 4.90 Å². The molecule has 0 radical (unpaired) electrons. The molecule has 2 atom stereocenters. The van der Waals surface area contributed by atoms with Crippen LogP contribution < -0.4 is 5.73 Å². The molecule has 1 amide bonds. The molecular weight excluding hydrogens is 252 g/mol. The van der Waals surface area contributed by atoms with E-state index in [0.717, 1.165) is 25.9 Å². The van der Waals surface area contributed by atoms with Crippen LogP contribution in [0.3, 0.4) is 0 Å². The van der Waals surface area contributed by atoms with E-state index in [9.17, 15) is 4.79 Å². The van der Waals surface area contributed by atoms with Gasteiger partial charge in [0.05, 0.1) is 12.1 Å². The third-order valence-electron chi connectivity index (χ3n) is 4.19. The highest BCUT2D eigenvalue weighted by molar-refractivity contribution is 5.80. The Morgan fingerprint density at radius 3 is 2.70 bits per heavy atom. The number of methoxy groups -OCH3 is 1. The van der Waals surface area contributed by atoms with Crippen LogP contribution >= 0.6 is 0 Å². The van der Waals surface area contributed by atoms with Crippen molar-refractivity contribution in [2.75, 3.05) is 20.2 Å². The van der Waals surface area contributed by atoms with Crippen LogP contribution in [-0.2, 0) is 22.4 Å². The summed E-state index contributed by atoms with van der Waals surface area (Å²) in [5, 5.41) is 0. The fourth-order valence-corrected chi connectivity index (χ4v) is 2.99. The van der Waals surface area contributed by atoms with E-state index >= 15 is 0 Å². The van der Waals surface area contributed by atoms with Crippen molar-refractivity contribution in [2.45, 2.75) is 38.3 Å². The normalized spacial score (nSPS) is 23.1. The maximum absolute atomic E-state index is 11.5. The van der Waals surface area contributed by atoms with Crippen LogP contribution in [0.15, 0.2) is 24.3 Å². The zero-order valence-electron chi connectivity index (χ0n) is 12.3. The molecule has 1 aromatic carbocycles. The minimum atomic E-state index is -0.242. The zero-order chi connectivity index (χ0) is 14.5. The molecule has 0 unspecified atom stereocenters. The minimum Gasteiger partial charge on any atom is -0.380 e. The summed E-state index contributed by atoms with van der Waals surface area (Å²) >= 11 is 0. The van der Waals surface area contributed by atoms with Gasteiger partial charge in [-0.25, -0.2) is 0 Å². The first-order valence-corrected chi connectivity index (χ1v) is 7.28. The Hall–Kier alpha value is -1.39. The monoisotopic (exact) mass is 276 g/mol. The van der Waals surface area contributed by atoms with Gasteiger partial charge in [0, 0.05) is 20.2 Å². The van der Waals surface area contributed by atoms with E-state index in [-0.39, 0.29) is 18.1 Å². The Balaban J connectivity index is 2.00. The second-order valence-corrected chi connectivity index (χ2v) is 5.38. The van der Waals surface area contributed by atoms with Gasteiger partial charge in [-0.3, -0.25) is 9.69 Å². The number of aryl methyl sites for hydroxylation is 1. The Morgan fingerprint density at radius 1 is 1.40 bits per heavy atom. The number of benzene rings is 1. The zero-order valence-corrected chi connectivity index (χ0v) is 12.3. The summed E-state index contributed by atoms with van der Waals surface area (Å²) in [6, 6.07) is 8.30. The second kappa shape index (κ2) is 6.86. The number of hydrogen-bond acceptors (Lipinski definition) is 3. The van der Waals surface area contributed by atoms with Crippen LogP contribution in [0.25, 0.3) is 0 Å². The highest BCUT2D eigenvalue weighted by Gasteiger charge is 2.35. The molecule has 2 rings (SSSR count). The summed E-state index contributed by atoms with van der Waals surface area (Å²) in [6.07, 6.45) is 2.82. The highest BCUT2D eigenvalue weighted by Crippen LogP contribution is 2.21. The van der Waals surface area contributed by atoms with E-state index in [4.69, 9.17) is 10.5 Å². The van der Waals surface area contributed by atoms with Crippen LogP contribution in [-0.4, -0.2) is 43.2 Å². The Kier molecular flexibility index (Phi) is 5.15. The summed E-state index contributed by atoms with van der Waals surface area (Å²) in [5.41, 5.74) is 8.23. The molecule has 1 aliphatic rings. The average molecular weight is 276 g/mol. The van der Waals surface area contributed by atoms with Gasteiger partial charge in [-0.15, -0.1) is 0 Å². The van der Waals surface area contributed by atoms with Crippen LogP contribution in [0.2, 0.25) is 0 Å². The van der Waals surface area contributed by atoms with Gasteiger partial charge in [0.1, 0.15) is 0 Å². The van der Waals surface area contributed by atoms with Gasteiger partial charge in [-0.2, -0.15) is 0 Å². The van der Waals surface area contributed by atoms with Crippen LogP contribution in [0, 0.1) is 0 Å². The number of nitrogens with zero attached hydrogens (tertiary/aromatic N) is 1. The Bertz CT molecular complexity index is 462. The predicted octanol–water partition coefficient (Wildman–Crippen LogP) is 1.37. The molecule has 0 bridgehead atoms. The fraction of sp³-hybridized carbons (Fsp3) is 0.562. The highest BCUT2D eigenvalue weighted by atomic mass is 16.5. The van der Waals surface area contributed by atoms with Gasteiger partial charge in [0.25, 0.3) is 0 Å². The van der Waals surface area contributed by atoms with Crippen LogP contribution in [0.4, 0.5) is 0 Å². The molecule has 4 nitrogen and oxygen atoms in total. The molecule has 0 aliphatic carbocycles. The molecule has 0 aromatic heterocycles. The van der Waals surface area contributed by atoms with Crippen molar-refractivity contribution in [3.63, 3.8) is 0 Å². The van der Waals surface area contributed by atoms with Gasteiger partial charge < -0.3 is 10.5 Å². The van der Waals surface area contributed by atoms with Gasteiger partial charge in [-0.1, -0.05) is 31.2 Å². The Labute approximate surface area is 120 Å². The number of primary amides is 1. The summed E-state index contributed by atoms with van der Waals surface area (Å²) in [5.74, 6) is -0.242. The lowest BCUT2D eigenvalue weighted by molar-refractivity contribution is -0.122. The van der Waals surface area contributed by atoms with E-state index in [1.165, 1.54) is 11.1 Å². The third kappa shape index (κ3) is 3.38. The third-order valence-corrected chi connectivity index (χ3v) is 4.19. The van der Waals surface area contributed by atoms with Crippen molar-refractivity contribution in [1.29, 1.82) is 0 Å². The maximum Gasteiger partial charge on any atom is 0.234 e. The SMILES string of the molecule is CCc1ccccc1CCN1C[C@@H](OC)C[C@H]1C(N)=O. The van der Waals surface area contributed by atoms with Crippen LogP contribution in [0.5, 0.6) is 0 Å². The topological polar surface area (TPSA) is 55.6 Å². The number of amides is 1. The molecule has 1 heterocycles. The molecule has 1 saturated heterocycles. The number of hydrogen-bond donors (Lipinski definition) is 1. The number of ether oxygens (including phenoxy) is 1. The maximum atomic E-state index is 11.5. The lowest BCUT2D eigenvalue weighted by atomic mass is 10.0. The molecule has 110 valence electrons. The van der Waals surface area contributed by atoms with E-state index in [1.807, 2.05) is 0 Å². The lowest BCUT2D eigenvalue weighted by Gasteiger charge is -2.22. The molecule has 4 heteroatoms. The van der Waals surface area contributed by atoms with Gasteiger partial charge in [-0.05, 0) is 30.4 Å². The summed E-state index contributed by atoms with van der Waals surface area (Å²) in [6.45, 7) is 3.81. The molecule has 1 aromatic rings. The number of nitrogens with two attached hydrogens (primary N) is 1. The Morgan fingerprint density at radius 2 is 2.10 bits per heavy atom. The summed E-state index contributed by atoms with van der Waals surface area (Å²) < 4.78 is 5.37. The first-order chi connectivity index (χ1) is 9.65. The second-order valence-electron chi connectivity index (χ2n) is 5.38. The summed E-state index contributed by atoms with van der Waals surface area (Å²) in [4.78, 5) is 13.7. The van der Waals surface area contributed by atoms with Crippen molar-refractivity contribution < 1.29 is 9.53 Å². The molecular formula is C16H24N2O2. The van der Waals surface area contributed by atoms with Crippen molar-refractivity contribution in [3.8, 4) is 0 Å². The predicted molar refractivity (Wildman–Crippen MR) is 79.5 cm³/mol. The fourth-order valence-electron chi connectivity index (χ4n) is 2.99. The number of carbonyl (C=O) groups is 1. The smallest absolute Gasteiger partial charge is 0.234 e. The standard InChI is InChI=1S/C16H24N2O2/c1-3-12-6-4-5-7-13(12)8-9-18-11-14(20-2)10-15(18)16(17)19/h4-7,14-15H,3,8-11H2,1-2H3,(H2,17,19)/t14-,15-/m0/s1. The molecule has 2 N–H and O–H groups in total. The molecule has 1 fully saturated rings. The van der Waals surface area contributed by atoms with Crippen molar-refractivity contribution >= 4 is 5.91 Å².